The highest BCUT2D eigenvalue weighted by Crippen LogP contribution is 2.27. The first-order valence-corrected chi connectivity index (χ1v) is 6.56. The van der Waals surface area contributed by atoms with Crippen molar-refractivity contribution in [2.24, 2.45) is 11.8 Å². The molecule has 19 heavy (non-hydrogen) atoms. The third-order valence-corrected chi connectivity index (χ3v) is 3.94. The number of para-hydroxylation sites is 1. The second-order valence-electron chi connectivity index (χ2n) is 5.33. The lowest BCUT2D eigenvalue weighted by atomic mass is 9.87. The molecule has 4 nitrogen and oxygen atoms in total. The Bertz CT molecular complexity index is 565. The zero-order chi connectivity index (χ0) is 13.4. The number of aliphatic carboxylic acids is 1. The molecule has 0 saturated carbocycles. The Morgan fingerprint density at radius 1 is 1.47 bits per heavy atom. The van der Waals surface area contributed by atoms with Crippen LogP contribution in [-0.2, 0) is 11.3 Å². The van der Waals surface area contributed by atoms with E-state index in [0.29, 0.717) is 0 Å². The molecule has 4 heteroatoms. The van der Waals surface area contributed by atoms with Crippen LogP contribution >= 0.6 is 0 Å². The van der Waals surface area contributed by atoms with E-state index < -0.39 is 5.97 Å². The van der Waals surface area contributed by atoms with Crippen LogP contribution in [0.2, 0.25) is 0 Å². The van der Waals surface area contributed by atoms with E-state index in [1.54, 1.807) is 6.92 Å². The van der Waals surface area contributed by atoms with Gasteiger partial charge in [0.1, 0.15) is 11.3 Å². The van der Waals surface area contributed by atoms with Crippen molar-refractivity contribution in [3.63, 3.8) is 0 Å². The van der Waals surface area contributed by atoms with Crippen molar-refractivity contribution >= 4 is 16.9 Å². The Labute approximate surface area is 111 Å². The molecule has 100 valence electrons. The predicted octanol–water partition coefficient (Wildman–Crippen LogP) is 2.59. The molecule has 0 aliphatic carbocycles. The number of carbonyl (C=O) groups is 1. The highest BCUT2D eigenvalue weighted by Gasteiger charge is 2.34. The fourth-order valence-electron chi connectivity index (χ4n) is 2.59. The van der Waals surface area contributed by atoms with Crippen LogP contribution in [0.1, 0.15) is 12.7 Å². The SMILES string of the molecule is CC(C(=O)O)C1CN(Cc2cc3ccccc3o2)C1. The molecule has 0 radical (unpaired) electrons. The summed E-state index contributed by atoms with van der Waals surface area (Å²) in [6.07, 6.45) is 0. The van der Waals surface area contributed by atoms with Gasteiger partial charge in [0.05, 0.1) is 12.5 Å². The minimum atomic E-state index is -0.701. The van der Waals surface area contributed by atoms with Gasteiger partial charge in [-0.1, -0.05) is 25.1 Å². The zero-order valence-corrected chi connectivity index (χ0v) is 10.9. The average Bonchev–Trinajstić information content (AvgIpc) is 2.74. The molecular formula is C15H17NO3. The molecule has 1 aliphatic heterocycles. The van der Waals surface area contributed by atoms with E-state index in [9.17, 15) is 4.79 Å². The topological polar surface area (TPSA) is 53.7 Å². The van der Waals surface area contributed by atoms with Gasteiger partial charge < -0.3 is 9.52 Å². The summed E-state index contributed by atoms with van der Waals surface area (Å²) in [6, 6.07) is 10.0. The zero-order valence-electron chi connectivity index (χ0n) is 10.9. The molecule has 1 fully saturated rings. The molecule has 1 unspecified atom stereocenters. The highest BCUT2D eigenvalue weighted by atomic mass is 16.4. The van der Waals surface area contributed by atoms with Crippen molar-refractivity contribution in [1.82, 2.24) is 4.90 Å². The van der Waals surface area contributed by atoms with Gasteiger partial charge in [-0.25, -0.2) is 0 Å². The maximum Gasteiger partial charge on any atom is 0.306 e. The number of likely N-dealkylation sites (tertiary alicyclic amines) is 1. The van der Waals surface area contributed by atoms with Crippen molar-refractivity contribution < 1.29 is 14.3 Å². The average molecular weight is 259 g/mol. The molecule has 1 atom stereocenters. The molecule has 1 aliphatic rings. The van der Waals surface area contributed by atoms with E-state index >= 15 is 0 Å². The molecule has 2 aromatic rings. The minimum absolute atomic E-state index is 0.257. The van der Waals surface area contributed by atoms with Crippen LogP contribution in [0.25, 0.3) is 11.0 Å². The van der Waals surface area contributed by atoms with Crippen LogP contribution in [-0.4, -0.2) is 29.1 Å². The van der Waals surface area contributed by atoms with Gasteiger partial charge in [-0.2, -0.15) is 0 Å². The molecule has 0 spiro atoms. The summed E-state index contributed by atoms with van der Waals surface area (Å²) in [5, 5.41) is 10.1. The molecule has 3 rings (SSSR count). The molecule has 1 N–H and O–H groups in total. The van der Waals surface area contributed by atoms with Crippen molar-refractivity contribution in [3.05, 3.63) is 36.1 Å². The first-order chi connectivity index (χ1) is 9.13. The Hall–Kier alpha value is -1.81. The fourth-order valence-corrected chi connectivity index (χ4v) is 2.59. The molecule has 1 aromatic carbocycles. The number of furan rings is 1. The van der Waals surface area contributed by atoms with Crippen molar-refractivity contribution in [2.45, 2.75) is 13.5 Å². The van der Waals surface area contributed by atoms with Crippen molar-refractivity contribution in [3.8, 4) is 0 Å². The van der Waals surface area contributed by atoms with Gasteiger partial charge in [0.25, 0.3) is 0 Å². The van der Waals surface area contributed by atoms with Gasteiger partial charge in [0.15, 0.2) is 0 Å². The van der Waals surface area contributed by atoms with Gasteiger partial charge in [-0.05, 0) is 18.1 Å². The molecule has 1 saturated heterocycles. The van der Waals surface area contributed by atoms with Crippen LogP contribution in [0.5, 0.6) is 0 Å². The summed E-state index contributed by atoms with van der Waals surface area (Å²) >= 11 is 0. The largest absolute Gasteiger partial charge is 0.481 e. The lowest BCUT2D eigenvalue weighted by Gasteiger charge is -2.40. The van der Waals surface area contributed by atoms with E-state index in [2.05, 4.69) is 11.0 Å². The van der Waals surface area contributed by atoms with Gasteiger partial charge in [0, 0.05) is 18.5 Å². The fraction of sp³-hybridized carbons (Fsp3) is 0.400. The van der Waals surface area contributed by atoms with Crippen molar-refractivity contribution in [2.75, 3.05) is 13.1 Å². The molecule has 0 bridgehead atoms. The second-order valence-corrected chi connectivity index (χ2v) is 5.33. The molecule has 0 amide bonds. The van der Waals surface area contributed by atoms with Crippen LogP contribution in [0.3, 0.4) is 0 Å². The third-order valence-electron chi connectivity index (χ3n) is 3.94. The smallest absolute Gasteiger partial charge is 0.306 e. The third kappa shape index (κ3) is 2.36. The molecular weight excluding hydrogens is 242 g/mol. The van der Waals surface area contributed by atoms with E-state index in [0.717, 1.165) is 36.4 Å². The van der Waals surface area contributed by atoms with E-state index in [4.69, 9.17) is 9.52 Å². The van der Waals surface area contributed by atoms with Gasteiger partial charge >= 0.3 is 5.97 Å². The summed E-state index contributed by atoms with van der Waals surface area (Å²) in [7, 11) is 0. The number of rotatable bonds is 4. The Kier molecular flexibility index (Phi) is 3.03. The number of benzene rings is 1. The summed E-state index contributed by atoms with van der Waals surface area (Å²) < 4.78 is 5.76. The molecule has 1 aromatic heterocycles. The quantitative estimate of drug-likeness (QED) is 0.917. The van der Waals surface area contributed by atoms with E-state index in [1.165, 1.54) is 0 Å². The highest BCUT2D eigenvalue weighted by molar-refractivity contribution is 5.77. The first-order valence-electron chi connectivity index (χ1n) is 6.56. The minimum Gasteiger partial charge on any atom is -0.481 e. The summed E-state index contributed by atoms with van der Waals surface area (Å²) in [6.45, 7) is 4.22. The van der Waals surface area contributed by atoms with Crippen LogP contribution in [0, 0.1) is 11.8 Å². The number of carboxylic acid groups (broad SMARTS) is 1. The summed E-state index contributed by atoms with van der Waals surface area (Å²) in [5.74, 6) is 0.254. The normalized spacial score (nSPS) is 18.4. The predicted molar refractivity (Wildman–Crippen MR) is 71.8 cm³/mol. The number of hydrogen-bond acceptors (Lipinski definition) is 3. The Morgan fingerprint density at radius 3 is 2.89 bits per heavy atom. The standard InChI is InChI=1S/C15H17NO3/c1-10(15(17)18)12-7-16(8-12)9-13-6-11-4-2-3-5-14(11)19-13/h2-6,10,12H,7-9H2,1H3,(H,17,18). The van der Waals surface area contributed by atoms with Gasteiger partial charge in [-0.3, -0.25) is 9.69 Å². The van der Waals surface area contributed by atoms with Crippen LogP contribution in [0.4, 0.5) is 0 Å². The second kappa shape index (κ2) is 4.70. The number of nitrogens with zero attached hydrogens (tertiary/aromatic N) is 1. The van der Waals surface area contributed by atoms with Crippen molar-refractivity contribution in [1.29, 1.82) is 0 Å². The molecule has 2 heterocycles. The lowest BCUT2D eigenvalue weighted by Crippen LogP contribution is -2.50. The number of carboxylic acids is 1. The summed E-state index contributed by atoms with van der Waals surface area (Å²) in [5.41, 5.74) is 0.911. The first kappa shape index (κ1) is 12.2. The summed E-state index contributed by atoms with van der Waals surface area (Å²) in [4.78, 5) is 13.1. The maximum atomic E-state index is 10.9. The number of fused-ring (bicyclic) bond motifs is 1. The van der Waals surface area contributed by atoms with Gasteiger partial charge in [-0.15, -0.1) is 0 Å². The number of hydrogen-bond donors (Lipinski definition) is 1. The Balaban J connectivity index is 1.60. The van der Waals surface area contributed by atoms with E-state index in [-0.39, 0.29) is 11.8 Å². The van der Waals surface area contributed by atoms with E-state index in [1.807, 2.05) is 24.3 Å². The Morgan fingerprint density at radius 2 is 2.21 bits per heavy atom. The van der Waals surface area contributed by atoms with Gasteiger partial charge in [0.2, 0.25) is 0 Å². The maximum absolute atomic E-state index is 10.9. The monoisotopic (exact) mass is 259 g/mol. The van der Waals surface area contributed by atoms with Crippen LogP contribution in [0.15, 0.2) is 34.7 Å². The van der Waals surface area contributed by atoms with Crippen LogP contribution < -0.4 is 0 Å². The lowest BCUT2D eigenvalue weighted by molar-refractivity contribution is -0.145.